The zero-order valence-corrected chi connectivity index (χ0v) is 12.5. The van der Waals surface area contributed by atoms with E-state index >= 15 is 0 Å². The summed E-state index contributed by atoms with van der Waals surface area (Å²) < 4.78 is 0. The molecule has 2 aromatic rings. The van der Waals surface area contributed by atoms with E-state index in [2.05, 4.69) is 10.5 Å². The first kappa shape index (κ1) is 15.6. The third-order valence-electron chi connectivity index (χ3n) is 3.23. The quantitative estimate of drug-likeness (QED) is 0.656. The smallest absolute Gasteiger partial charge is 0.335 e. The summed E-state index contributed by atoms with van der Waals surface area (Å²) in [5.74, 6) is -1.03. The molecule has 0 fully saturated rings. The van der Waals surface area contributed by atoms with E-state index in [9.17, 15) is 9.90 Å². The highest BCUT2D eigenvalue weighted by Gasteiger charge is 2.04. The number of hydrogen-bond acceptors (Lipinski definition) is 4. The van der Waals surface area contributed by atoms with E-state index in [4.69, 9.17) is 5.11 Å². The molecule has 22 heavy (non-hydrogen) atoms. The molecular weight excluding hydrogens is 280 g/mol. The summed E-state index contributed by atoms with van der Waals surface area (Å²) in [6, 6.07) is 11.4. The van der Waals surface area contributed by atoms with Crippen LogP contribution in [0.2, 0.25) is 0 Å². The van der Waals surface area contributed by atoms with Crippen LogP contribution in [0.15, 0.2) is 47.6 Å². The molecule has 0 heterocycles. The lowest BCUT2D eigenvalue weighted by Crippen LogP contribution is -2.08. The molecule has 0 saturated carbocycles. The molecule has 0 aromatic heterocycles. The molecule has 0 aliphatic rings. The normalized spacial score (nSPS) is 11.3. The number of nitrogens with zero attached hydrogens (tertiary/aromatic N) is 1. The van der Waals surface area contributed by atoms with Crippen molar-refractivity contribution < 1.29 is 15.0 Å². The minimum Gasteiger partial charge on any atom is -0.872 e. The highest BCUT2D eigenvalue weighted by Crippen LogP contribution is 2.18. The molecule has 0 amide bonds. The summed E-state index contributed by atoms with van der Waals surface area (Å²) in [4.78, 5) is 10.8. The van der Waals surface area contributed by atoms with Gasteiger partial charge in [-0.3, -0.25) is 5.43 Å². The number of aromatic carboxylic acids is 1. The van der Waals surface area contributed by atoms with Crippen molar-refractivity contribution in [3.05, 3.63) is 59.2 Å². The van der Waals surface area contributed by atoms with E-state index in [0.29, 0.717) is 23.4 Å². The Labute approximate surface area is 128 Å². The van der Waals surface area contributed by atoms with E-state index < -0.39 is 5.97 Å². The summed E-state index contributed by atoms with van der Waals surface area (Å²) in [5.41, 5.74) is 5.98. The van der Waals surface area contributed by atoms with Crippen LogP contribution in [-0.4, -0.2) is 16.8 Å². The van der Waals surface area contributed by atoms with E-state index in [0.717, 1.165) is 5.56 Å². The number of hydrazone groups is 1. The van der Waals surface area contributed by atoms with Gasteiger partial charge in [0.2, 0.25) is 0 Å². The largest absolute Gasteiger partial charge is 0.872 e. The van der Waals surface area contributed by atoms with Crippen molar-refractivity contribution in [2.24, 2.45) is 5.10 Å². The molecule has 114 valence electrons. The molecule has 0 aliphatic carbocycles. The van der Waals surface area contributed by atoms with Gasteiger partial charge in [-0.1, -0.05) is 36.4 Å². The van der Waals surface area contributed by atoms with Gasteiger partial charge in [0.05, 0.1) is 17.0 Å². The van der Waals surface area contributed by atoms with Crippen molar-refractivity contribution in [3.8, 4) is 5.75 Å². The number of carboxylic acid groups (broad SMARTS) is 1. The van der Waals surface area contributed by atoms with Gasteiger partial charge in [0.15, 0.2) is 0 Å². The standard InChI is InChI=1S/C17H18N2O3/c1-3-15(14-10-11(2)4-9-16(14)20)19-18-13-7-5-12(6-8-13)17(21)22/h4-10,18,20H,3H2,1-2H3,(H,21,22)/p-1/b19-15+. The molecule has 5 nitrogen and oxygen atoms in total. The molecule has 0 bridgehead atoms. The number of carbonyl (C=O) groups is 1. The zero-order chi connectivity index (χ0) is 16.1. The first-order valence-corrected chi connectivity index (χ1v) is 6.95. The molecule has 0 aliphatic heterocycles. The Balaban J connectivity index is 2.22. The average molecular weight is 297 g/mol. The van der Waals surface area contributed by atoms with Gasteiger partial charge in [-0.25, -0.2) is 4.79 Å². The van der Waals surface area contributed by atoms with Crippen molar-refractivity contribution >= 4 is 17.4 Å². The van der Waals surface area contributed by atoms with Crippen LogP contribution in [0.4, 0.5) is 5.69 Å². The van der Waals surface area contributed by atoms with Crippen LogP contribution in [0, 0.1) is 6.92 Å². The molecule has 0 unspecified atom stereocenters. The first-order valence-electron chi connectivity index (χ1n) is 6.95. The number of nitrogens with one attached hydrogen (secondary N) is 1. The summed E-state index contributed by atoms with van der Waals surface area (Å²) in [5, 5.41) is 25.1. The Morgan fingerprint density at radius 3 is 2.50 bits per heavy atom. The maximum absolute atomic E-state index is 11.9. The molecule has 0 atom stereocenters. The fourth-order valence-corrected chi connectivity index (χ4v) is 2.02. The topological polar surface area (TPSA) is 84.8 Å². The summed E-state index contributed by atoms with van der Waals surface area (Å²) in [6.07, 6.45) is 0.610. The SMILES string of the molecule is CC/C(=N\Nc1ccc(C(=O)O)cc1)c1cc(C)ccc1[O-]. The second-order valence-electron chi connectivity index (χ2n) is 4.91. The molecule has 2 rings (SSSR count). The lowest BCUT2D eigenvalue weighted by atomic mass is 10.0. The zero-order valence-electron chi connectivity index (χ0n) is 12.5. The van der Waals surface area contributed by atoms with Crippen LogP contribution in [-0.2, 0) is 0 Å². The van der Waals surface area contributed by atoms with Crippen LogP contribution in [0.5, 0.6) is 5.75 Å². The van der Waals surface area contributed by atoms with Gasteiger partial charge in [0.1, 0.15) is 0 Å². The van der Waals surface area contributed by atoms with Gasteiger partial charge in [-0.2, -0.15) is 5.10 Å². The van der Waals surface area contributed by atoms with Crippen molar-refractivity contribution in [1.82, 2.24) is 0 Å². The van der Waals surface area contributed by atoms with Gasteiger partial charge in [-0.15, -0.1) is 0 Å². The maximum atomic E-state index is 11.9. The Kier molecular flexibility index (Phi) is 4.78. The predicted molar refractivity (Wildman–Crippen MR) is 84.5 cm³/mol. The molecule has 5 heteroatoms. The van der Waals surface area contributed by atoms with Gasteiger partial charge < -0.3 is 10.2 Å². The number of anilines is 1. The number of aryl methyl sites for hydroxylation is 1. The Morgan fingerprint density at radius 1 is 1.23 bits per heavy atom. The number of hydrogen-bond donors (Lipinski definition) is 2. The van der Waals surface area contributed by atoms with Gasteiger partial charge in [0.25, 0.3) is 0 Å². The van der Waals surface area contributed by atoms with Crippen LogP contribution >= 0.6 is 0 Å². The summed E-state index contributed by atoms with van der Waals surface area (Å²) in [7, 11) is 0. The monoisotopic (exact) mass is 297 g/mol. The highest BCUT2D eigenvalue weighted by molar-refractivity contribution is 6.03. The van der Waals surface area contributed by atoms with Gasteiger partial charge in [0, 0.05) is 0 Å². The molecule has 2 aromatic carbocycles. The minimum absolute atomic E-state index is 0.0609. The fraction of sp³-hybridized carbons (Fsp3) is 0.176. The van der Waals surface area contributed by atoms with Crippen molar-refractivity contribution in [2.45, 2.75) is 20.3 Å². The number of benzene rings is 2. The fourth-order valence-electron chi connectivity index (χ4n) is 2.02. The van der Waals surface area contributed by atoms with Crippen LogP contribution in [0.25, 0.3) is 0 Å². The number of rotatable bonds is 5. The Bertz CT molecular complexity index is 706. The van der Waals surface area contributed by atoms with Crippen molar-refractivity contribution in [3.63, 3.8) is 0 Å². The van der Waals surface area contributed by atoms with Crippen LogP contribution in [0.3, 0.4) is 0 Å². The molecule has 0 saturated heterocycles. The predicted octanol–water partition coefficient (Wildman–Crippen LogP) is 2.99. The van der Waals surface area contributed by atoms with E-state index in [1.807, 2.05) is 19.9 Å². The lowest BCUT2D eigenvalue weighted by molar-refractivity contribution is -0.268. The number of carboxylic acids is 1. The molecule has 2 N–H and O–H groups in total. The molecule has 0 spiro atoms. The third kappa shape index (κ3) is 3.63. The Morgan fingerprint density at radius 2 is 1.91 bits per heavy atom. The summed E-state index contributed by atoms with van der Waals surface area (Å²) >= 11 is 0. The third-order valence-corrected chi connectivity index (χ3v) is 3.23. The lowest BCUT2D eigenvalue weighted by Gasteiger charge is -2.15. The average Bonchev–Trinajstić information content (AvgIpc) is 2.51. The van der Waals surface area contributed by atoms with Crippen molar-refractivity contribution in [1.29, 1.82) is 0 Å². The summed E-state index contributed by atoms with van der Waals surface area (Å²) in [6.45, 7) is 3.85. The second-order valence-corrected chi connectivity index (χ2v) is 4.91. The second kappa shape index (κ2) is 6.76. The van der Waals surface area contributed by atoms with Gasteiger partial charge >= 0.3 is 5.97 Å². The Hall–Kier alpha value is -2.82. The maximum Gasteiger partial charge on any atom is 0.335 e. The van der Waals surface area contributed by atoms with Crippen molar-refractivity contribution in [2.75, 3.05) is 5.43 Å². The van der Waals surface area contributed by atoms with E-state index in [1.54, 1.807) is 18.2 Å². The minimum atomic E-state index is -0.972. The van der Waals surface area contributed by atoms with Crippen LogP contribution < -0.4 is 10.5 Å². The highest BCUT2D eigenvalue weighted by atomic mass is 16.4. The first-order chi connectivity index (χ1) is 10.5. The van der Waals surface area contributed by atoms with Crippen LogP contribution in [0.1, 0.15) is 34.8 Å². The van der Waals surface area contributed by atoms with E-state index in [-0.39, 0.29) is 11.3 Å². The van der Waals surface area contributed by atoms with Gasteiger partial charge in [-0.05, 0) is 43.2 Å². The molecule has 0 radical (unpaired) electrons. The molecular formula is C17H17N2O3-. The van der Waals surface area contributed by atoms with E-state index in [1.165, 1.54) is 18.2 Å².